The molecule has 98 valence electrons. The summed E-state index contributed by atoms with van der Waals surface area (Å²) in [7, 11) is 0. The van der Waals surface area contributed by atoms with Gasteiger partial charge in [-0.05, 0) is 37.5 Å². The Bertz CT molecular complexity index is 416. The molecule has 4 heteroatoms. The molecule has 1 heterocycles. The van der Waals surface area contributed by atoms with E-state index in [1.165, 1.54) is 0 Å². The fourth-order valence-corrected chi connectivity index (χ4v) is 2.35. The topological polar surface area (TPSA) is 38.3 Å². The molecule has 2 rings (SSSR count). The molecule has 1 unspecified atom stereocenters. The number of carbonyl (C=O) groups is 1. The molecule has 0 spiro atoms. The molecule has 1 aromatic rings. The Morgan fingerprint density at radius 1 is 1.44 bits per heavy atom. The first-order valence-corrected chi connectivity index (χ1v) is 6.68. The third kappa shape index (κ3) is 3.47. The van der Waals surface area contributed by atoms with Crippen molar-refractivity contribution < 1.29 is 9.53 Å². The number of halogens is 1. The highest BCUT2D eigenvalue weighted by Gasteiger charge is 2.22. The zero-order valence-electron chi connectivity index (χ0n) is 10.5. The zero-order valence-corrected chi connectivity index (χ0v) is 11.2. The van der Waals surface area contributed by atoms with Crippen molar-refractivity contribution in [3.63, 3.8) is 0 Å². The Hall–Kier alpha value is -1.06. The molecule has 0 saturated carbocycles. The van der Waals surface area contributed by atoms with Crippen molar-refractivity contribution in [2.24, 2.45) is 5.92 Å². The van der Waals surface area contributed by atoms with Crippen molar-refractivity contribution in [3.8, 4) is 0 Å². The van der Waals surface area contributed by atoms with E-state index in [9.17, 15) is 4.79 Å². The average Bonchev–Trinajstić information content (AvgIpc) is 2.39. The fourth-order valence-electron chi connectivity index (χ4n) is 2.15. The maximum Gasteiger partial charge on any atom is 0.223 e. The van der Waals surface area contributed by atoms with Gasteiger partial charge in [-0.15, -0.1) is 0 Å². The van der Waals surface area contributed by atoms with Gasteiger partial charge in [0, 0.05) is 24.2 Å². The van der Waals surface area contributed by atoms with Gasteiger partial charge in [-0.1, -0.05) is 23.7 Å². The van der Waals surface area contributed by atoms with E-state index in [1.807, 2.05) is 31.2 Å². The van der Waals surface area contributed by atoms with E-state index < -0.39 is 0 Å². The number of ether oxygens (including phenoxy) is 1. The van der Waals surface area contributed by atoms with Crippen LogP contribution in [-0.2, 0) is 9.53 Å². The first-order chi connectivity index (χ1) is 8.66. The summed E-state index contributed by atoms with van der Waals surface area (Å²) in [6.07, 6.45) is 1.63. The van der Waals surface area contributed by atoms with Crippen LogP contribution in [0, 0.1) is 5.92 Å². The van der Waals surface area contributed by atoms with Gasteiger partial charge in [0.2, 0.25) is 5.91 Å². The molecule has 1 amide bonds. The molecule has 0 aliphatic carbocycles. The second-order valence-electron chi connectivity index (χ2n) is 4.67. The lowest BCUT2D eigenvalue weighted by Gasteiger charge is -2.23. The highest BCUT2D eigenvalue weighted by Crippen LogP contribution is 2.20. The molecule has 0 aromatic heterocycles. The van der Waals surface area contributed by atoms with E-state index in [4.69, 9.17) is 16.3 Å². The summed E-state index contributed by atoms with van der Waals surface area (Å²) in [5.74, 6) is 0.200. The molecule has 1 aromatic carbocycles. The van der Waals surface area contributed by atoms with Gasteiger partial charge in [0.1, 0.15) is 0 Å². The van der Waals surface area contributed by atoms with Crippen LogP contribution >= 0.6 is 11.6 Å². The summed E-state index contributed by atoms with van der Waals surface area (Å²) >= 11 is 5.94. The number of rotatable bonds is 3. The molecule has 18 heavy (non-hydrogen) atoms. The van der Waals surface area contributed by atoms with Crippen LogP contribution in [0.25, 0.3) is 0 Å². The minimum Gasteiger partial charge on any atom is -0.381 e. The molecule has 3 nitrogen and oxygen atoms in total. The van der Waals surface area contributed by atoms with Crippen LogP contribution in [0.3, 0.4) is 0 Å². The lowest BCUT2D eigenvalue weighted by molar-refractivity contribution is -0.128. The van der Waals surface area contributed by atoms with Crippen molar-refractivity contribution in [1.29, 1.82) is 0 Å². The highest BCUT2D eigenvalue weighted by atomic mass is 35.5. The summed E-state index contributed by atoms with van der Waals surface area (Å²) in [6.45, 7) is 3.34. The molecule has 0 bridgehead atoms. The first kappa shape index (κ1) is 13.4. The lowest BCUT2D eigenvalue weighted by atomic mass is 9.98. The number of hydrogen-bond donors (Lipinski definition) is 1. The van der Waals surface area contributed by atoms with E-state index in [-0.39, 0.29) is 17.9 Å². The quantitative estimate of drug-likeness (QED) is 0.914. The second-order valence-corrected chi connectivity index (χ2v) is 5.11. The Balaban J connectivity index is 1.94. The lowest BCUT2D eigenvalue weighted by Crippen LogP contribution is -2.35. The van der Waals surface area contributed by atoms with Crippen molar-refractivity contribution in [1.82, 2.24) is 5.32 Å². The van der Waals surface area contributed by atoms with Crippen LogP contribution in [0.5, 0.6) is 0 Å². The van der Waals surface area contributed by atoms with Crippen LogP contribution in [-0.4, -0.2) is 19.1 Å². The molecule has 1 N–H and O–H groups in total. The van der Waals surface area contributed by atoms with Crippen molar-refractivity contribution >= 4 is 17.5 Å². The molecule has 1 aliphatic heterocycles. The van der Waals surface area contributed by atoms with E-state index in [2.05, 4.69) is 5.32 Å². The summed E-state index contributed by atoms with van der Waals surface area (Å²) in [6, 6.07) is 7.57. The molecular weight excluding hydrogens is 250 g/mol. The van der Waals surface area contributed by atoms with E-state index in [1.54, 1.807) is 0 Å². The maximum absolute atomic E-state index is 12.1. The minimum atomic E-state index is -0.0148. The summed E-state index contributed by atoms with van der Waals surface area (Å²) in [5, 5.41) is 3.73. The van der Waals surface area contributed by atoms with E-state index in [0.717, 1.165) is 18.4 Å². The molecule has 1 saturated heterocycles. The predicted molar refractivity (Wildman–Crippen MR) is 71.6 cm³/mol. The third-order valence-corrected chi connectivity index (χ3v) is 3.53. The first-order valence-electron chi connectivity index (χ1n) is 6.30. The second kappa shape index (κ2) is 6.21. The van der Waals surface area contributed by atoms with Crippen LogP contribution < -0.4 is 5.32 Å². The maximum atomic E-state index is 12.1. The van der Waals surface area contributed by atoms with Crippen LogP contribution in [0.1, 0.15) is 31.4 Å². The number of benzene rings is 1. The summed E-state index contributed by atoms with van der Waals surface area (Å²) < 4.78 is 5.26. The number of amides is 1. The average molecular weight is 268 g/mol. The Labute approximate surface area is 112 Å². The highest BCUT2D eigenvalue weighted by molar-refractivity contribution is 6.30. The number of hydrogen-bond acceptors (Lipinski definition) is 2. The monoisotopic (exact) mass is 267 g/mol. The smallest absolute Gasteiger partial charge is 0.223 e. The normalized spacial score (nSPS) is 18.3. The van der Waals surface area contributed by atoms with Gasteiger partial charge in [-0.3, -0.25) is 4.79 Å². The minimum absolute atomic E-state index is 0.0148. The Morgan fingerprint density at radius 2 is 2.17 bits per heavy atom. The van der Waals surface area contributed by atoms with Crippen molar-refractivity contribution in [2.75, 3.05) is 13.2 Å². The third-order valence-electron chi connectivity index (χ3n) is 3.30. The SMILES string of the molecule is CC(NC(=O)C1CCOCC1)c1cccc(Cl)c1. The van der Waals surface area contributed by atoms with Crippen LogP contribution in [0.4, 0.5) is 0 Å². The summed E-state index contributed by atoms with van der Waals surface area (Å²) in [4.78, 5) is 12.1. The van der Waals surface area contributed by atoms with Crippen molar-refractivity contribution in [2.45, 2.75) is 25.8 Å². The van der Waals surface area contributed by atoms with E-state index >= 15 is 0 Å². The fraction of sp³-hybridized carbons (Fsp3) is 0.500. The standard InChI is InChI=1S/C14H18ClNO2/c1-10(12-3-2-4-13(15)9-12)16-14(17)11-5-7-18-8-6-11/h2-4,9-11H,5-8H2,1H3,(H,16,17). The van der Waals surface area contributed by atoms with Gasteiger partial charge in [-0.25, -0.2) is 0 Å². The van der Waals surface area contributed by atoms with Gasteiger partial charge < -0.3 is 10.1 Å². The molecule has 1 fully saturated rings. The molecule has 0 radical (unpaired) electrons. The largest absolute Gasteiger partial charge is 0.381 e. The van der Waals surface area contributed by atoms with Crippen molar-refractivity contribution in [3.05, 3.63) is 34.9 Å². The van der Waals surface area contributed by atoms with E-state index in [0.29, 0.717) is 18.2 Å². The zero-order chi connectivity index (χ0) is 13.0. The van der Waals surface area contributed by atoms with Crippen LogP contribution in [0.2, 0.25) is 5.02 Å². The van der Waals surface area contributed by atoms with Gasteiger partial charge >= 0.3 is 0 Å². The molecule has 1 atom stereocenters. The van der Waals surface area contributed by atoms with Crippen LogP contribution in [0.15, 0.2) is 24.3 Å². The van der Waals surface area contributed by atoms with Gasteiger partial charge in [0.05, 0.1) is 6.04 Å². The van der Waals surface area contributed by atoms with Gasteiger partial charge in [0.25, 0.3) is 0 Å². The number of nitrogens with one attached hydrogen (secondary N) is 1. The van der Waals surface area contributed by atoms with Gasteiger partial charge in [0.15, 0.2) is 0 Å². The summed E-state index contributed by atoms with van der Waals surface area (Å²) in [5.41, 5.74) is 1.03. The Morgan fingerprint density at radius 3 is 2.83 bits per heavy atom. The van der Waals surface area contributed by atoms with Gasteiger partial charge in [-0.2, -0.15) is 0 Å². The molecule has 1 aliphatic rings. The Kier molecular flexibility index (Phi) is 4.61. The molecular formula is C14H18ClNO2. The number of carbonyl (C=O) groups excluding carboxylic acids is 1. The predicted octanol–water partition coefficient (Wildman–Crippen LogP) is 2.94.